The molecule has 3 heterocycles. The van der Waals surface area contributed by atoms with Crippen LogP contribution in [0, 0.1) is 0 Å². The molecule has 36 heavy (non-hydrogen) atoms. The van der Waals surface area contributed by atoms with E-state index in [4.69, 9.17) is 14.2 Å². The quantitative estimate of drug-likeness (QED) is 0.461. The van der Waals surface area contributed by atoms with Crippen LogP contribution in [0.5, 0.6) is 11.5 Å². The number of fused-ring (bicyclic) bond motifs is 1. The predicted molar refractivity (Wildman–Crippen MR) is 140 cm³/mol. The third-order valence-corrected chi connectivity index (χ3v) is 9.06. The number of thiophene rings is 1. The normalized spacial score (nSPS) is 14.7. The summed E-state index contributed by atoms with van der Waals surface area (Å²) < 4.78 is 43.8. The molecule has 3 aromatic rings. The number of pyridine rings is 1. The van der Waals surface area contributed by atoms with Gasteiger partial charge in [0.15, 0.2) is 9.84 Å². The van der Waals surface area contributed by atoms with E-state index in [0.717, 1.165) is 15.9 Å². The van der Waals surface area contributed by atoms with Crippen molar-refractivity contribution in [3.05, 3.63) is 42.1 Å². The largest absolute Gasteiger partial charge is 0.497 e. The summed E-state index contributed by atoms with van der Waals surface area (Å²) in [6, 6.07) is 8.63. The summed E-state index contributed by atoms with van der Waals surface area (Å²) in [6.45, 7) is 7.69. The molecule has 0 bridgehead atoms. The number of carbonyl (C=O) groups excluding carboxylic acids is 1. The lowest BCUT2D eigenvalue weighted by molar-refractivity contribution is 0.0240. The molecule has 0 spiro atoms. The zero-order valence-electron chi connectivity index (χ0n) is 21.1. The van der Waals surface area contributed by atoms with Gasteiger partial charge in [-0.15, -0.1) is 11.3 Å². The molecule has 0 aliphatic carbocycles. The highest BCUT2D eigenvalue weighted by Gasteiger charge is 2.28. The van der Waals surface area contributed by atoms with Crippen LogP contribution in [0.1, 0.15) is 26.3 Å². The molecule has 1 amide bonds. The molecule has 1 aromatic carbocycles. The summed E-state index contributed by atoms with van der Waals surface area (Å²) in [5.74, 6) is 1.61. The number of methoxy groups -OCH3 is 2. The zero-order valence-corrected chi connectivity index (χ0v) is 22.7. The SMILES string of the molecule is COc1cc(CS(=O)(=O)c2cc3c(N4CCN(C(=O)OC(C)(C)C)CC4)nccc3s2)cc(OC)c1. The molecule has 0 radical (unpaired) electrons. The molecule has 1 aliphatic heterocycles. The number of nitrogens with zero attached hydrogens (tertiary/aromatic N) is 3. The number of ether oxygens (including phenoxy) is 3. The number of benzene rings is 1. The van der Waals surface area contributed by atoms with Crippen LogP contribution in [0.15, 0.2) is 40.7 Å². The molecule has 2 aromatic heterocycles. The Bertz CT molecular complexity index is 1330. The molecule has 1 fully saturated rings. The van der Waals surface area contributed by atoms with Crippen molar-refractivity contribution in [3.63, 3.8) is 0 Å². The number of carbonyl (C=O) groups is 1. The molecular weight excluding hydrogens is 502 g/mol. The van der Waals surface area contributed by atoms with Crippen molar-refractivity contribution in [2.24, 2.45) is 0 Å². The van der Waals surface area contributed by atoms with Crippen LogP contribution in [-0.4, -0.2) is 70.4 Å². The highest BCUT2D eigenvalue weighted by Crippen LogP contribution is 2.36. The summed E-state index contributed by atoms with van der Waals surface area (Å²) in [7, 11) is -0.561. The van der Waals surface area contributed by atoms with Crippen molar-refractivity contribution in [2.45, 2.75) is 36.3 Å². The lowest BCUT2D eigenvalue weighted by atomic mass is 10.2. The number of amides is 1. The van der Waals surface area contributed by atoms with Crippen LogP contribution in [0.2, 0.25) is 0 Å². The fourth-order valence-electron chi connectivity index (χ4n) is 4.00. The zero-order chi connectivity index (χ0) is 26.1. The van der Waals surface area contributed by atoms with E-state index in [1.807, 2.05) is 26.8 Å². The maximum Gasteiger partial charge on any atom is 0.410 e. The molecule has 11 heteroatoms. The minimum atomic E-state index is -3.62. The van der Waals surface area contributed by atoms with Gasteiger partial charge in [0.1, 0.15) is 27.1 Å². The van der Waals surface area contributed by atoms with E-state index in [1.165, 1.54) is 25.6 Å². The van der Waals surface area contributed by atoms with Gasteiger partial charge >= 0.3 is 6.09 Å². The topological polar surface area (TPSA) is 98.3 Å². The van der Waals surface area contributed by atoms with Gasteiger partial charge in [0, 0.05) is 48.5 Å². The van der Waals surface area contributed by atoms with Crippen molar-refractivity contribution in [1.29, 1.82) is 0 Å². The van der Waals surface area contributed by atoms with Gasteiger partial charge in [-0.25, -0.2) is 18.2 Å². The first-order chi connectivity index (χ1) is 17.0. The van der Waals surface area contributed by atoms with Crippen LogP contribution < -0.4 is 14.4 Å². The summed E-state index contributed by atoms with van der Waals surface area (Å²) in [6.07, 6.45) is 1.36. The average Bonchev–Trinajstić information content (AvgIpc) is 3.28. The first kappa shape index (κ1) is 26.0. The first-order valence-corrected chi connectivity index (χ1v) is 14.0. The molecular formula is C25H31N3O6S2. The maximum atomic E-state index is 13.3. The molecule has 9 nitrogen and oxygen atoms in total. The first-order valence-electron chi connectivity index (χ1n) is 11.6. The number of hydrogen-bond acceptors (Lipinski definition) is 9. The molecule has 0 unspecified atom stereocenters. The van der Waals surface area contributed by atoms with Crippen molar-refractivity contribution >= 4 is 43.2 Å². The van der Waals surface area contributed by atoms with E-state index in [2.05, 4.69) is 9.88 Å². The highest BCUT2D eigenvalue weighted by molar-refractivity contribution is 7.92. The number of hydrogen-bond donors (Lipinski definition) is 0. The van der Waals surface area contributed by atoms with Crippen molar-refractivity contribution in [2.75, 3.05) is 45.3 Å². The molecule has 4 rings (SSSR count). The van der Waals surface area contributed by atoms with E-state index in [0.29, 0.717) is 43.2 Å². The number of piperazine rings is 1. The standard InChI is InChI=1S/C25H31N3O6S2/c1-25(2,3)34-24(29)28-10-8-27(9-11-28)23-20-15-22(35-21(20)6-7-26-23)36(30,31)16-17-12-18(32-4)14-19(13-17)33-5/h6-7,12-15H,8-11,16H2,1-5H3. The van der Waals surface area contributed by atoms with Crippen LogP contribution in [-0.2, 0) is 20.3 Å². The molecule has 0 saturated carbocycles. The predicted octanol–water partition coefficient (Wildman–Crippen LogP) is 4.34. The fraction of sp³-hybridized carbons (Fsp3) is 0.440. The van der Waals surface area contributed by atoms with Crippen molar-refractivity contribution < 1.29 is 27.4 Å². The van der Waals surface area contributed by atoms with Gasteiger partial charge in [0.2, 0.25) is 0 Å². The number of rotatable bonds is 6. The Morgan fingerprint density at radius 2 is 1.67 bits per heavy atom. The lowest BCUT2D eigenvalue weighted by Gasteiger charge is -2.36. The number of anilines is 1. The number of aromatic nitrogens is 1. The summed E-state index contributed by atoms with van der Waals surface area (Å²) in [5.41, 5.74) is 0.0379. The second-order valence-electron chi connectivity index (χ2n) is 9.55. The van der Waals surface area contributed by atoms with E-state index in [-0.39, 0.29) is 16.1 Å². The highest BCUT2D eigenvalue weighted by atomic mass is 32.2. The molecule has 1 saturated heterocycles. The van der Waals surface area contributed by atoms with Crippen LogP contribution >= 0.6 is 11.3 Å². The van der Waals surface area contributed by atoms with Gasteiger partial charge in [-0.1, -0.05) is 0 Å². The maximum absolute atomic E-state index is 13.3. The van der Waals surface area contributed by atoms with E-state index >= 15 is 0 Å². The van der Waals surface area contributed by atoms with E-state index in [1.54, 1.807) is 35.4 Å². The van der Waals surface area contributed by atoms with Gasteiger partial charge in [0.05, 0.1) is 20.0 Å². The monoisotopic (exact) mass is 533 g/mol. The average molecular weight is 534 g/mol. The second-order valence-corrected chi connectivity index (χ2v) is 12.8. The number of sulfone groups is 1. The van der Waals surface area contributed by atoms with E-state index < -0.39 is 15.4 Å². The minimum Gasteiger partial charge on any atom is -0.497 e. The van der Waals surface area contributed by atoms with Gasteiger partial charge in [-0.2, -0.15) is 0 Å². The lowest BCUT2D eigenvalue weighted by Crippen LogP contribution is -2.50. The minimum absolute atomic E-state index is 0.176. The Balaban J connectivity index is 1.54. The second kappa shape index (κ2) is 10.1. The van der Waals surface area contributed by atoms with Gasteiger partial charge < -0.3 is 24.0 Å². The van der Waals surface area contributed by atoms with Crippen molar-refractivity contribution in [1.82, 2.24) is 9.88 Å². The third kappa shape index (κ3) is 5.84. The Hall–Kier alpha value is -3.05. The van der Waals surface area contributed by atoms with Crippen molar-refractivity contribution in [3.8, 4) is 11.5 Å². The van der Waals surface area contributed by atoms with Crippen LogP contribution in [0.25, 0.3) is 10.1 Å². The van der Waals surface area contributed by atoms with Crippen LogP contribution in [0.4, 0.5) is 10.6 Å². The van der Waals surface area contributed by atoms with Crippen LogP contribution in [0.3, 0.4) is 0 Å². The third-order valence-electron chi connectivity index (χ3n) is 5.71. The van der Waals surface area contributed by atoms with E-state index in [9.17, 15) is 13.2 Å². The van der Waals surface area contributed by atoms with Gasteiger partial charge in [-0.3, -0.25) is 0 Å². The summed E-state index contributed by atoms with van der Waals surface area (Å²) in [4.78, 5) is 20.7. The van der Waals surface area contributed by atoms with Gasteiger partial charge in [-0.05, 0) is 50.6 Å². The summed E-state index contributed by atoms with van der Waals surface area (Å²) >= 11 is 1.23. The molecule has 0 atom stereocenters. The van der Waals surface area contributed by atoms with Gasteiger partial charge in [0.25, 0.3) is 0 Å². The Morgan fingerprint density at radius 1 is 1.03 bits per heavy atom. The fourth-order valence-corrected chi connectivity index (χ4v) is 6.78. The molecule has 1 aliphatic rings. The Kier molecular flexibility index (Phi) is 7.33. The molecule has 0 N–H and O–H groups in total. The molecule has 194 valence electrons. The Morgan fingerprint density at radius 3 is 2.25 bits per heavy atom. The summed E-state index contributed by atoms with van der Waals surface area (Å²) in [5, 5.41) is 0.787. The Labute approximate surface area is 215 Å². The smallest absolute Gasteiger partial charge is 0.410 e.